The number of unbranched alkanes of at least 4 members (excludes halogenated alkanes) is 45. The summed E-state index contributed by atoms with van der Waals surface area (Å²) in [6, 6.07) is -0.626. The average molecular weight is 1010 g/mol. The Bertz CT molecular complexity index is 1170. The van der Waals surface area contributed by atoms with Crippen LogP contribution in [-0.2, 0) is 14.3 Å². The predicted molar refractivity (Wildman–Crippen MR) is 315 cm³/mol. The van der Waals surface area contributed by atoms with Crippen LogP contribution >= 0.6 is 0 Å². The Morgan fingerprint density at radius 1 is 0.389 bits per heavy atom. The molecule has 0 aromatic carbocycles. The Balaban J connectivity index is 3.36. The first-order valence-corrected chi connectivity index (χ1v) is 32.3. The standard InChI is InChI=1S/C66H125NO5/c1-3-5-7-9-11-13-15-17-18-28-32-36-40-44-48-52-56-60-66(71)72-61-57-53-49-45-41-37-33-30-27-25-23-21-19-20-22-24-26-29-31-35-39-43-47-51-55-59-65(70)67-63(62-68)64(69)58-54-50-46-42-38-34-16-14-12-10-8-6-4-2/h11,13,17-18,54,58,63-64,68-69H,3-10,12,14-16,19-53,55-57,59-62H2,1-2H3,(H,67,70)/b13-11-,18-17-,58-54+. The molecule has 2 atom stereocenters. The summed E-state index contributed by atoms with van der Waals surface area (Å²) < 4.78 is 5.49. The molecule has 0 aliphatic heterocycles. The van der Waals surface area contributed by atoms with E-state index < -0.39 is 12.1 Å². The molecule has 424 valence electrons. The highest BCUT2D eigenvalue weighted by Gasteiger charge is 2.18. The first-order chi connectivity index (χ1) is 35.5. The summed E-state index contributed by atoms with van der Waals surface area (Å²) in [5.74, 6) is -0.0574. The Kier molecular flexibility index (Phi) is 60.0. The molecule has 0 aromatic heterocycles. The minimum absolute atomic E-state index is 0.00826. The zero-order chi connectivity index (χ0) is 52.2. The third-order valence-corrected chi connectivity index (χ3v) is 14.9. The highest BCUT2D eigenvalue weighted by molar-refractivity contribution is 5.76. The van der Waals surface area contributed by atoms with Crippen LogP contribution in [-0.4, -0.2) is 47.4 Å². The van der Waals surface area contributed by atoms with Crippen LogP contribution < -0.4 is 5.32 Å². The number of rotatable bonds is 60. The molecule has 0 heterocycles. The molecule has 0 aliphatic rings. The number of ether oxygens (including phenoxy) is 1. The number of amides is 1. The lowest BCUT2D eigenvalue weighted by Gasteiger charge is -2.20. The molecule has 0 aliphatic carbocycles. The fourth-order valence-corrected chi connectivity index (χ4v) is 9.96. The van der Waals surface area contributed by atoms with Crippen molar-refractivity contribution in [3.8, 4) is 0 Å². The first kappa shape index (κ1) is 70.1. The molecule has 2 unspecified atom stereocenters. The molecular weight excluding hydrogens is 887 g/mol. The van der Waals surface area contributed by atoms with Gasteiger partial charge in [0.2, 0.25) is 5.91 Å². The van der Waals surface area contributed by atoms with Crippen molar-refractivity contribution < 1.29 is 24.5 Å². The van der Waals surface area contributed by atoms with E-state index in [0.717, 1.165) is 51.4 Å². The van der Waals surface area contributed by atoms with Crippen molar-refractivity contribution in [3.63, 3.8) is 0 Å². The molecule has 0 rings (SSSR count). The maximum atomic E-state index is 12.5. The van der Waals surface area contributed by atoms with Crippen molar-refractivity contribution in [1.29, 1.82) is 0 Å². The Morgan fingerprint density at radius 3 is 1.08 bits per heavy atom. The third-order valence-electron chi connectivity index (χ3n) is 14.9. The highest BCUT2D eigenvalue weighted by atomic mass is 16.5. The summed E-state index contributed by atoms with van der Waals surface area (Å²) in [6.07, 6.45) is 77.7. The van der Waals surface area contributed by atoms with E-state index in [4.69, 9.17) is 4.74 Å². The molecule has 1 amide bonds. The quantitative estimate of drug-likeness (QED) is 0.0320. The van der Waals surface area contributed by atoms with Gasteiger partial charge in [0, 0.05) is 12.8 Å². The first-order valence-electron chi connectivity index (χ1n) is 32.3. The van der Waals surface area contributed by atoms with Gasteiger partial charge in [-0.2, -0.15) is 0 Å². The van der Waals surface area contributed by atoms with E-state index in [1.54, 1.807) is 6.08 Å². The second-order valence-electron chi connectivity index (χ2n) is 22.1. The van der Waals surface area contributed by atoms with Crippen molar-refractivity contribution in [1.82, 2.24) is 5.32 Å². The number of hydrogen-bond acceptors (Lipinski definition) is 5. The SMILES string of the molecule is CCCCC/C=C\C/C=C\CCCCCCCCCC(=O)OCCCCCCCCCCCCCCCCCCCCCCCCCCCC(=O)NC(CO)C(O)/C=C/CCCCCCCCCCCCC. The van der Waals surface area contributed by atoms with Gasteiger partial charge in [-0.3, -0.25) is 9.59 Å². The summed E-state index contributed by atoms with van der Waals surface area (Å²) in [5.41, 5.74) is 0. The number of aliphatic hydroxyl groups excluding tert-OH is 2. The summed E-state index contributed by atoms with van der Waals surface area (Å²) in [4.78, 5) is 24.5. The van der Waals surface area contributed by atoms with E-state index in [-0.39, 0.29) is 18.5 Å². The van der Waals surface area contributed by atoms with E-state index in [9.17, 15) is 19.8 Å². The fraction of sp³-hybridized carbons (Fsp3) is 0.879. The van der Waals surface area contributed by atoms with Crippen molar-refractivity contribution in [2.75, 3.05) is 13.2 Å². The molecule has 0 radical (unpaired) electrons. The second-order valence-corrected chi connectivity index (χ2v) is 22.1. The molecule has 6 heteroatoms. The molecule has 0 bridgehead atoms. The predicted octanol–water partition coefficient (Wildman–Crippen LogP) is 20.4. The van der Waals surface area contributed by atoms with Gasteiger partial charge >= 0.3 is 5.97 Å². The van der Waals surface area contributed by atoms with Crippen LogP contribution in [0.5, 0.6) is 0 Å². The molecule has 0 saturated carbocycles. The van der Waals surface area contributed by atoms with Crippen LogP contribution in [0.1, 0.15) is 348 Å². The van der Waals surface area contributed by atoms with E-state index >= 15 is 0 Å². The van der Waals surface area contributed by atoms with Gasteiger partial charge in [0.25, 0.3) is 0 Å². The second kappa shape index (κ2) is 61.6. The number of carbonyl (C=O) groups is 2. The van der Waals surface area contributed by atoms with Crippen LogP contribution in [0.25, 0.3) is 0 Å². The van der Waals surface area contributed by atoms with Gasteiger partial charge in [-0.25, -0.2) is 0 Å². The summed E-state index contributed by atoms with van der Waals surface area (Å²) in [5, 5.41) is 23.1. The lowest BCUT2D eigenvalue weighted by molar-refractivity contribution is -0.143. The van der Waals surface area contributed by atoms with Crippen molar-refractivity contribution in [2.24, 2.45) is 0 Å². The molecule has 0 fully saturated rings. The zero-order valence-electron chi connectivity index (χ0n) is 48.4. The molecular formula is C66H125NO5. The van der Waals surface area contributed by atoms with Gasteiger partial charge in [-0.05, 0) is 64.2 Å². The fourth-order valence-electron chi connectivity index (χ4n) is 9.96. The van der Waals surface area contributed by atoms with E-state index in [2.05, 4.69) is 43.5 Å². The van der Waals surface area contributed by atoms with Gasteiger partial charge in [0.05, 0.1) is 25.4 Å². The minimum Gasteiger partial charge on any atom is -0.466 e. The number of allylic oxidation sites excluding steroid dienone is 5. The van der Waals surface area contributed by atoms with Gasteiger partial charge in [-0.1, -0.05) is 307 Å². The Labute approximate surface area is 449 Å². The van der Waals surface area contributed by atoms with E-state index in [1.165, 1.54) is 270 Å². The smallest absolute Gasteiger partial charge is 0.305 e. The topological polar surface area (TPSA) is 95.9 Å². The van der Waals surface area contributed by atoms with Gasteiger partial charge in [0.1, 0.15) is 0 Å². The lowest BCUT2D eigenvalue weighted by atomic mass is 10.0. The number of esters is 1. The molecule has 0 spiro atoms. The average Bonchev–Trinajstić information content (AvgIpc) is 3.38. The minimum atomic E-state index is -0.842. The van der Waals surface area contributed by atoms with Crippen LogP contribution in [0.3, 0.4) is 0 Å². The van der Waals surface area contributed by atoms with Gasteiger partial charge < -0.3 is 20.3 Å². The van der Waals surface area contributed by atoms with Gasteiger partial charge in [0.15, 0.2) is 0 Å². The monoisotopic (exact) mass is 1010 g/mol. The normalized spacial score (nSPS) is 12.8. The zero-order valence-corrected chi connectivity index (χ0v) is 48.4. The largest absolute Gasteiger partial charge is 0.466 e. The molecule has 3 N–H and O–H groups in total. The summed E-state index contributed by atoms with van der Waals surface area (Å²) in [6.45, 7) is 4.89. The molecule has 0 saturated heterocycles. The van der Waals surface area contributed by atoms with Crippen LogP contribution in [0.2, 0.25) is 0 Å². The number of carbonyl (C=O) groups excluding carboxylic acids is 2. The third kappa shape index (κ3) is 57.4. The van der Waals surface area contributed by atoms with Crippen molar-refractivity contribution >= 4 is 11.9 Å². The van der Waals surface area contributed by atoms with Crippen LogP contribution in [0.15, 0.2) is 36.5 Å². The summed E-state index contributed by atoms with van der Waals surface area (Å²) >= 11 is 0. The van der Waals surface area contributed by atoms with Crippen molar-refractivity contribution in [2.45, 2.75) is 360 Å². The Hall–Kier alpha value is -1.92. The molecule has 0 aromatic rings. The number of aliphatic hydroxyl groups is 2. The van der Waals surface area contributed by atoms with Gasteiger partial charge in [-0.15, -0.1) is 0 Å². The molecule has 72 heavy (non-hydrogen) atoms. The van der Waals surface area contributed by atoms with Crippen LogP contribution in [0, 0.1) is 0 Å². The number of nitrogens with one attached hydrogen (secondary N) is 1. The number of hydrogen-bond donors (Lipinski definition) is 3. The van der Waals surface area contributed by atoms with Crippen LogP contribution in [0.4, 0.5) is 0 Å². The highest BCUT2D eigenvalue weighted by Crippen LogP contribution is 2.18. The maximum absolute atomic E-state index is 12.5. The summed E-state index contributed by atoms with van der Waals surface area (Å²) in [7, 11) is 0. The maximum Gasteiger partial charge on any atom is 0.305 e. The lowest BCUT2D eigenvalue weighted by Crippen LogP contribution is -2.45. The van der Waals surface area contributed by atoms with E-state index in [0.29, 0.717) is 19.4 Å². The van der Waals surface area contributed by atoms with Crippen molar-refractivity contribution in [3.05, 3.63) is 36.5 Å². The Morgan fingerprint density at radius 2 is 0.694 bits per heavy atom. The molecule has 6 nitrogen and oxygen atoms in total. The van der Waals surface area contributed by atoms with E-state index in [1.807, 2.05) is 6.08 Å².